The Hall–Kier alpha value is -2.82. The van der Waals surface area contributed by atoms with Crippen molar-refractivity contribution in [1.29, 1.82) is 15.8 Å². The average Bonchev–Trinajstić information content (AvgIpc) is 2.75. The van der Waals surface area contributed by atoms with Crippen LogP contribution in [-0.4, -0.2) is 36.2 Å². The van der Waals surface area contributed by atoms with Crippen LogP contribution in [0, 0.1) is 45.3 Å². The van der Waals surface area contributed by atoms with Gasteiger partial charge in [0.05, 0.1) is 23.4 Å². The van der Waals surface area contributed by atoms with E-state index >= 15 is 0 Å². The van der Waals surface area contributed by atoms with Gasteiger partial charge in [-0.3, -0.25) is 4.90 Å². The molecule has 0 radical (unpaired) electrons. The topological polar surface area (TPSA) is 121 Å². The van der Waals surface area contributed by atoms with Crippen molar-refractivity contribution in [3.8, 4) is 18.2 Å². The summed E-state index contributed by atoms with van der Waals surface area (Å²) in [6, 6.07) is 13.7. The van der Waals surface area contributed by atoms with Gasteiger partial charge in [0.2, 0.25) is 0 Å². The van der Waals surface area contributed by atoms with E-state index in [4.69, 9.17) is 22.4 Å². The molecule has 3 rings (SSSR count). The van der Waals surface area contributed by atoms with Gasteiger partial charge in [-0.25, -0.2) is 0 Å². The molecule has 3 N–H and O–H groups in total. The lowest BCUT2D eigenvalue weighted by Gasteiger charge is -2.45. The van der Waals surface area contributed by atoms with Crippen molar-refractivity contribution in [3.63, 3.8) is 0 Å². The summed E-state index contributed by atoms with van der Waals surface area (Å²) >= 11 is 6.47. The van der Waals surface area contributed by atoms with Gasteiger partial charge in [0.15, 0.2) is 5.41 Å². The third kappa shape index (κ3) is 4.07. The van der Waals surface area contributed by atoms with E-state index in [2.05, 4.69) is 30.0 Å². The predicted octanol–water partition coefficient (Wildman–Crippen LogP) is 3.47. The fourth-order valence-electron chi connectivity index (χ4n) is 4.31. The van der Waals surface area contributed by atoms with Crippen molar-refractivity contribution in [1.82, 2.24) is 4.90 Å². The summed E-state index contributed by atoms with van der Waals surface area (Å²) in [5, 5.41) is 37.9. The summed E-state index contributed by atoms with van der Waals surface area (Å²) in [4.78, 5) is 2.27. The molecule has 0 saturated carbocycles. The van der Waals surface area contributed by atoms with E-state index in [0.717, 1.165) is 30.6 Å². The average molecular weight is 424 g/mol. The maximum Gasteiger partial charge on any atom is 0.191 e. The standard InChI is InChI=1S/C21H20ClN5.C2H6O/c1-2-8-27-9-7-14-16(10-23)20(26)21(12-24,13-25)19(17(14)11-27)15-5-3-4-6-18(15)22;1-2-3/h3-7,17,19H,2,8-9,11,26H2,1H3;3H,2H2,1H3. The minimum Gasteiger partial charge on any atom is -0.399 e. The number of halogens is 1. The third-order valence-corrected chi connectivity index (χ3v) is 5.86. The van der Waals surface area contributed by atoms with Crippen LogP contribution in [0.2, 0.25) is 5.02 Å². The summed E-state index contributed by atoms with van der Waals surface area (Å²) in [5.41, 5.74) is 6.50. The largest absolute Gasteiger partial charge is 0.399 e. The molecule has 1 aromatic carbocycles. The van der Waals surface area contributed by atoms with E-state index in [9.17, 15) is 15.8 Å². The Morgan fingerprint density at radius 3 is 2.40 bits per heavy atom. The lowest BCUT2D eigenvalue weighted by atomic mass is 9.58. The molecule has 1 heterocycles. The molecule has 0 spiro atoms. The van der Waals surface area contributed by atoms with Gasteiger partial charge >= 0.3 is 0 Å². The number of nitrogens with zero attached hydrogens (tertiary/aromatic N) is 4. The molecule has 1 aliphatic carbocycles. The summed E-state index contributed by atoms with van der Waals surface area (Å²) in [7, 11) is 0. The summed E-state index contributed by atoms with van der Waals surface area (Å²) < 4.78 is 0. The van der Waals surface area contributed by atoms with E-state index in [1.165, 1.54) is 0 Å². The molecule has 7 heteroatoms. The fraction of sp³-hybridized carbons (Fsp3) is 0.435. The Balaban J connectivity index is 0.00000101. The van der Waals surface area contributed by atoms with Crippen LogP contribution in [0.4, 0.5) is 0 Å². The molecule has 1 aliphatic heterocycles. The second kappa shape index (κ2) is 10.3. The molecule has 0 aromatic heterocycles. The lowest BCUT2D eigenvalue weighted by molar-refractivity contribution is 0.207. The molecule has 2 atom stereocenters. The third-order valence-electron chi connectivity index (χ3n) is 5.52. The zero-order valence-electron chi connectivity index (χ0n) is 17.3. The number of nitriles is 3. The molecule has 30 heavy (non-hydrogen) atoms. The molecule has 156 valence electrons. The number of allylic oxidation sites excluding steroid dienone is 2. The number of aliphatic hydroxyl groups excluding tert-OH is 1. The molecule has 2 unspecified atom stereocenters. The van der Waals surface area contributed by atoms with Crippen molar-refractivity contribution >= 4 is 11.6 Å². The molecule has 0 amide bonds. The first kappa shape index (κ1) is 23.5. The first-order chi connectivity index (χ1) is 14.4. The number of nitrogens with two attached hydrogens (primary N) is 1. The molecule has 0 saturated heterocycles. The number of hydrogen-bond acceptors (Lipinski definition) is 6. The van der Waals surface area contributed by atoms with Crippen LogP contribution in [-0.2, 0) is 0 Å². The summed E-state index contributed by atoms with van der Waals surface area (Å²) in [6.07, 6.45) is 3.01. The van der Waals surface area contributed by atoms with Crippen molar-refractivity contribution in [3.05, 3.63) is 57.8 Å². The van der Waals surface area contributed by atoms with Crippen molar-refractivity contribution in [2.75, 3.05) is 26.2 Å². The van der Waals surface area contributed by atoms with E-state index < -0.39 is 11.3 Å². The number of aliphatic hydroxyl groups is 1. The predicted molar refractivity (Wildman–Crippen MR) is 116 cm³/mol. The molecular weight excluding hydrogens is 398 g/mol. The maximum absolute atomic E-state index is 10.0. The van der Waals surface area contributed by atoms with E-state index in [1.54, 1.807) is 13.0 Å². The van der Waals surface area contributed by atoms with Gasteiger partial charge in [0, 0.05) is 36.6 Å². The number of benzene rings is 1. The lowest BCUT2D eigenvalue weighted by Crippen LogP contribution is -2.48. The number of rotatable bonds is 3. The molecule has 6 nitrogen and oxygen atoms in total. The fourth-order valence-corrected chi connectivity index (χ4v) is 4.56. The molecular formula is C23H26ClN5O. The minimum atomic E-state index is -1.63. The van der Waals surface area contributed by atoms with Crippen LogP contribution >= 0.6 is 11.6 Å². The SMILES string of the molecule is CCCN1CC=C2C(C#N)=C(N)C(C#N)(C#N)C(c3ccccc3Cl)C2C1.CCO. The summed E-state index contributed by atoms with van der Waals surface area (Å²) in [5.74, 6) is -0.740. The van der Waals surface area contributed by atoms with Gasteiger partial charge in [0.25, 0.3) is 0 Å². The first-order valence-electron chi connectivity index (χ1n) is 9.96. The van der Waals surface area contributed by atoms with Crippen LogP contribution in [0.15, 0.2) is 47.2 Å². The number of fused-ring (bicyclic) bond motifs is 1. The van der Waals surface area contributed by atoms with Gasteiger partial charge in [-0.1, -0.05) is 42.8 Å². The number of hydrogen-bond donors (Lipinski definition) is 2. The van der Waals surface area contributed by atoms with Crippen molar-refractivity contribution < 1.29 is 5.11 Å². The highest BCUT2D eigenvalue weighted by atomic mass is 35.5. The van der Waals surface area contributed by atoms with E-state index in [1.807, 2.05) is 24.3 Å². The monoisotopic (exact) mass is 423 g/mol. The Morgan fingerprint density at radius 2 is 1.87 bits per heavy atom. The summed E-state index contributed by atoms with van der Waals surface area (Å²) in [6.45, 7) is 6.32. The Kier molecular flexibility index (Phi) is 8.04. The Morgan fingerprint density at radius 1 is 1.23 bits per heavy atom. The zero-order chi connectivity index (χ0) is 22.3. The first-order valence-corrected chi connectivity index (χ1v) is 10.3. The van der Waals surface area contributed by atoms with Gasteiger partial charge in [0.1, 0.15) is 6.07 Å². The van der Waals surface area contributed by atoms with E-state index in [0.29, 0.717) is 11.6 Å². The van der Waals surface area contributed by atoms with Crippen LogP contribution in [0.25, 0.3) is 0 Å². The zero-order valence-corrected chi connectivity index (χ0v) is 18.0. The van der Waals surface area contributed by atoms with Crippen LogP contribution in [0.3, 0.4) is 0 Å². The smallest absolute Gasteiger partial charge is 0.191 e. The molecule has 1 aromatic rings. The quantitative estimate of drug-likeness (QED) is 0.767. The van der Waals surface area contributed by atoms with Gasteiger partial charge < -0.3 is 10.8 Å². The molecule has 0 fully saturated rings. The minimum absolute atomic E-state index is 0.0337. The van der Waals surface area contributed by atoms with Crippen LogP contribution in [0.1, 0.15) is 31.7 Å². The second-order valence-electron chi connectivity index (χ2n) is 7.27. The maximum atomic E-state index is 10.0. The van der Waals surface area contributed by atoms with E-state index in [-0.39, 0.29) is 23.8 Å². The van der Waals surface area contributed by atoms with Gasteiger partial charge in [-0.2, -0.15) is 15.8 Å². The Labute approximate surface area is 183 Å². The normalized spacial score (nSPS) is 22.4. The highest BCUT2D eigenvalue weighted by molar-refractivity contribution is 6.31. The highest BCUT2D eigenvalue weighted by Gasteiger charge is 2.54. The van der Waals surface area contributed by atoms with Gasteiger partial charge in [-0.05, 0) is 37.1 Å². The van der Waals surface area contributed by atoms with Gasteiger partial charge in [-0.15, -0.1) is 0 Å². The molecule has 2 aliphatic rings. The Bertz CT molecular complexity index is 949. The van der Waals surface area contributed by atoms with Crippen LogP contribution < -0.4 is 5.73 Å². The van der Waals surface area contributed by atoms with Crippen molar-refractivity contribution in [2.45, 2.75) is 26.2 Å². The highest BCUT2D eigenvalue weighted by Crippen LogP contribution is 2.55. The molecule has 0 bridgehead atoms. The second-order valence-corrected chi connectivity index (χ2v) is 7.68. The van der Waals surface area contributed by atoms with Crippen molar-refractivity contribution in [2.24, 2.45) is 17.1 Å². The van der Waals surface area contributed by atoms with Crippen LogP contribution in [0.5, 0.6) is 0 Å².